The minimum atomic E-state index is -3.54. The molecule has 0 radical (unpaired) electrons. The van der Waals surface area contributed by atoms with Crippen molar-refractivity contribution in [2.24, 2.45) is 5.92 Å². The van der Waals surface area contributed by atoms with Crippen molar-refractivity contribution in [1.82, 2.24) is 4.72 Å². The maximum atomic E-state index is 11.8. The molecule has 1 amide bonds. The summed E-state index contributed by atoms with van der Waals surface area (Å²) in [7, 11) is -1.97. The molecule has 0 aliphatic carbocycles. The number of hydrogen-bond acceptors (Lipinski definition) is 5. The van der Waals surface area contributed by atoms with Gasteiger partial charge in [-0.3, -0.25) is 9.52 Å². The predicted molar refractivity (Wildman–Crippen MR) is 68.7 cm³/mol. The van der Waals surface area contributed by atoms with Gasteiger partial charge in [0.15, 0.2) is 0 Å². The molecule has 0 fully saturated rings. The van der Waals surface area contributed by atoms with Crippen molar-refractivity contribution in [2.75, 3.05) is 20.0 Å². The van der Waals surface area contributed by atoms with Crippen LogP contribution in [0.15, 0.2) is 18.2 Å². The largest absolute Gasteiger partial charge is 0.497 e. The second kappa shape index (κ2) is 5.08. The second-order valence-corrected chi connectivity index (χ2v) is 6.17. The van der Waals surface area contributed by atoms with Gasteiger partial charge in [0.25, 0.3) is 0 Å². The van der Waals surface area contributed by atoms with Gasteiger partial charge in [-0.15, -0.1) is 0 Å². The number of nitrogens with one attached hydrogen (secondary N) is 1. The van der Waals surface area contributed by atoms with E-state index in [0.29, 0.717) is 17.9 Å². The fraction of sp³-hybridized carbons (Fsp3) is 0.417. The molecule has 1 atom stereocenters. The van der Waals surface area contributed by atoms with Crippen LogP contribution in [-0.2, 0) is 21.2 Å². The Hall–Kier alpha value is -1.76. The van der Waals surface area contributed by atoms with Crippen LogP contribution >= 0.6 is 0 Å². The Kier molecular flexibility index (Phi) is 3.66. The summed E-state index contributed by atoms with van der Waals surface area (Å²) >= 11 is 0. The Bertz CT molecular complexity index is 596. The van der Waals surface area contributed by atoms with Crippen LogP contribution in [-0.4, -0.2) is 34.3 Å². The monoisotopic (exact) mass is 285 g/mol. The minimum Gasteiger partial charge on any atom is -0.497 e. The van der Waals surface area contributed by atoms with E-state index in [1.165, 1.54) is 0 Å². The van der Waals surface area contributed by atoms with Crippen molar-refractivity contribution < 1.29 is 22.7 Å². The maximum Gasteiger partial charge on any atom is 0.240 e. The zero-order valence-electron chi connectivity index (χ0n) is 10.7. The van der Waals surface area contributed by atoms with Gasteiger partial charge in [-0.2, -0.15) is 0 Å². The van der Waals surface area contributed by atoms with Gasteiger partial charge in [0.05, 0.1) is 19.3 Å². The number of fused-ring (bicyclic) bond motifs is 1. The molecule has 0 saturated heterocycles. The van der Waals surface area contributed by atoms with Crippen LogP contribution in [0.1, 0.15) is 5.56 Å². The van der Waals surface area contributed by atoms with E-state index in [1.807, 2.05) is 10.8 Å². The molecule has 1 heterocycles. The van der Waals surface area contributed by atoms with E-state index in [1.54, 1.807) is 19.2 Å². The molecule has 1 aromatic carbocycles. The van der Waals surface area contributed by atoms with Crippen molar-refractivity contribution in [3.63, 3.8) is 0 Å². The van der Waals surface area contributed by atoms with E-state index >= 15 is 0 Å². The quantitative estimate of drug-likeness (QED) is 0.865. The average molecular weight is 285 g/mol. The predicted octanol–water partition coefficient (Wildman–Crippen LogP) is 0.322. The van der Waals surface area contributed by atoms with Crippen molar-refractivity contribution in [3.05, 3.63) is 23.8 Å². The van der Waals surface area contributed by atoms with Gasteiger partial charge in [-0.05, 0) is 18.1 Å². The Balaban J connectivity index is 2.12. The number of hydrogen-bond donors (Lipinski definition) is 1. The summed E-state index contributed by atoms with van der Waals surface area (Å²) in [5.74, 6) is 0.306. The first-order chi connectivity index (χ1) is 8.89. The van der Waals surface area contributed by atoms with Crippen molar-refractivity contribution in [2.45, 2.75) is 6.42 Å². The van der Waals surface area contributed by atoms with Gasteiger partial charge in [-0.25, -0.2) is 8.42 Å². The summed E-state index contributed by atoms with van der Waals surface area (Å²) in [5, 5.41) is 0. The highest BCUT2D eigenvalue weighted by Gasteiger charge is 2.27. The highest BCUT2D eigenvalue weighted by atomic mass is 32.2. The van der Waals surface area contributed by atoms with Crippen molar-refractivity contribution in [1.29, 1.82) is 0 Å². The summed E-state index contributed by atoms with van der Waals surface area (Å²) in [6.45, 7) is 0.154. The molecule has 104 valence electrons. The number of ether oxygens (including phenoxy) is 2. The van der Waals surface area contributed by atoms with Gasteiger partial charge in [0, 0.05) is 6.07 Å². The Morgan fingerprint density at radius 3 is 2.84 bits per heavy atom. The highest BCUT2D eigenvalue weighted by Crippen LogP contribution is 2.31. The average Bonchev–Trinajstić information content (AvgIpc) is 2.35. The molecule has 6 nitrogen and oxygen atoms in total. The number of carbonyl (C=O) groups is 1. The topological polar surface area (TPSA) is 81.7 Å². The zero-order valence-corrected chi connectivity index (χ0v) is 11.5. The molecule has 0 unspecified atom stereocenters. The van der Waals surface area contributed by atoms with Crippen LogP contribution in [0.4, 0.5) is 0 Å². The van der Waals surface area contributed by atoms with Crippen LogP contribution < -0.4 is 14.2 Å². The molecule has 0 spiro atoms. The normalized spacial score (nSPS) is 18.1. The summed E-state index contributed by atoms with van der Waals surface area (Å²) in [5.41, 5.74) is 0.862. The Labute approximate surface area is 111 Å². The van der Waals surface area contributed by atoms with Gasteiger partial charge < -0.3 is 9.47 Å². The van der Waals surface area contributed by atoms with E-state index in [0.717, 1.165) is 11.8 Å². The molecule has 19 heavy (non-hydrogen) atoms. The molecule has 7 heteroatoms. The van der Waals surface area contributed by atoms with Gasteiger partial charge in [0.2, 0.25) is 15.9 Å². The molecule has 0 bridgehead atoms. The molecule has 1 aliphatic rings. The fourth-order valence-electron chi connectivity index (χ4n) is 1.91. The molecular weight excluding hydrogens is 270 g/mol. The first-order valence-electron chi connectivity index (χ1n) is 5.70. The zero-order chi connectivity index (χ0) is 14.0. The summed E-state index contributed by atoms with van der Waals surface area (Å²) in [6.07, 6.45) is 1.40. The third kappa shape index (κ3) is 3.37. The molecule has 0 aromatic heterocycles. The van der Waals surface area contributed by atoms with Crippen molar-refractivity contribution >= 4 is 15.9 Å². The van der Waals surface area contributed by atoms with Gasteiger partial charge in [0.1, 0.15) is 18.1 Å². The Morgan fingerprint density at radius 1 is 1.47 bits per heavy atom. The molecule has 1 aromatic rings. The van der Waals surface area contributed by atoms with Gasteiger partial charge >= 0.3 is 0 Å². The van der Waals surface area contributed by atoms with E-state index in [9.17, 15) is 13.2 Å². The third-order valence-electron chi connectivity index (χ3n) is 2.84. The van der Waals surface area contributed by atoms with Crippen LogP contribution in [0.3, 0.4) is 0 Å². The molecule has 2 rings (SSSR count). The standard InChI is InChI=1S/C12H15NO5S/c1-17-10-4-3-8-5-9(7-18-11(8)6-10)12(14)13-19(2,15)16/h3-4,6,9H,5,7H2,1-2H3,(H,13,14)/t9-/m1/s1. The van der Waals surface area contributed by atoms with E-state index in [2.05, 4.69) is 0 Å². The Morgan fingerprint density at radius 2 is 2.21 bits per heavy atom. The molecule has 0 saturated carbocycles. The minimum absolute atomic E-state index is 0.154. The maximum absolute atomic E-state index is 11.8. The van der Waals surface area contributed by atoms with Crippen LogP contribution in [0, 0.1) is 5.92 Å². The fourth-order valence-corrected chi connectivity index (χ4v) is 2.45. The smallest absolute Gasteiger partial charge is 0.240 e. The summed E-state index contributed by atoms with van der Waals surface area (Å²) in [6, 6.07) is 5.34. The lowest BCUT2D eigenvalue weighted by molar-refractivity contribution is -0.124. The summed E-state index contributed by atoms with van der Waals surface area (Å²) in [4.78, 5) is 11.8. The number of benzene rings is 1. The van der Waals surface area contributed by atoms with Gasteiger partial charge in [-0.1, -0.05) is 6.07 Å². The first-order valence-corrected chi connectivity index (χ1v) is 7.59. The second-order valence-electron chi connectivity index (χ2n) is 4.42. The number of rotatable bonds is 3. The van der Waals surface area contributed by atoms with Crippen LogP contribution in [0.2, 0.25) is 0 Å². The number of amides is 1. The lowest BCUT2D eigenvalue weighted by Crippen LogP contribution is -2.39. The number of carbonyl (C=O) groups excluding carboxylic acids is 1. The number of methoxy groups -OCH3 is 1. The van der Waals surface area contributed by atoms with E-state index in [-0.39, 0.29) is 6.61 Å². The molecule has 1 N–H and O–H groups in total. The number of sulfonamides is 1. The first kappa shape index (κ1) is 13.7. The third-order valence-corrected chi connectivity index (χ3v) is 3.41. The molecule has 1 aliphatic heterocycles. The lowest BCUT2D eigenvalue weighted by Gasteiger charge is -2.24. The molecular formula is C12H15NO5S. The van der Waals surface area contributed by atoms with Crippen LogP contribution in [0.5, 0.6) is 11.5 Å². The van der Waals surface area contributed by atoms with Crippen LogP contribution in [0.25, 0.3) is 0 Å². The SMILES string of the molecule is COc1ccc2c(c1)OC[C@H](C(=O)NS(C)(=O)=O)C2. The highest BCUT2D eigenvalue weighted by molar-refractivity contribution is 7.89. The van der Waals surface area contributed by atoms with Crippen molar-refractivity contribution in [3.8, 4) is 11.5 Å². The van der Waals surface area contributed by atoms with E-state index < -0.39 is 21.8 Å². The summed E-state index contributed by atoms with van der Waals surface area (Å²) < 4.78 is 34.6. The lowest BCUT2D eigenvalue weighted by atomic mass is 9.96. The van der Waals surface area contributed by atoms with E-state index in [4.69, 9.17) is 9.47 Å².